The standard InChI is InChI=1S/C7H16ClNO/c1-6(10)7(8)4-5-9(2)3/h6-7,10H,4-5H2,1-3H3. The number of hydrogen-bond donors (Lipinski definition) is 1. The van der Waals surface area contributed by atoms with E-state index in [1.54, 1.807) is 6.92 Å². The van der Waals surface area contributed by atoms with Crippen molar-refractivity contribution in [3.63, 3.8) is 0 Å². The Kier molecular flexibility index (Phi) is 5.04. The van der Waals surface area contributed by atoms with E-state index in [4.69, 9.17) is 16.7 Å². The summed E-state index contributed by atoms with van der Waals surface area (Å²) in [4.78, 5) is 2.05. The molecule has 0 radical (unpaired) electrons. The first-order chi connectivity index (χ1) is 4.54. The van der Waals surface area contributed by atoms with Gasteiger partial charge in [-0.15, -0.1) is 11.6 Å². The zero-order valence-corrected chi connectivity index (χ0v) is 7.60. The van der Waals surface area contributed by atoms with Crippen LogP contribution in [0.1, 0.15) is 13.3 Å². The quantitative estimate of drug-likeness (QED) is 0.627. The van der Waals surface area contributed by atoms with Crippen LogP contribution in [0.15, 0.2) is 0 Å². The molecule has 0 heterocycles. The van der Waals surface area contributed by atoms with Crippen LogP contribution in [0, 0.1) is 0 Å². The van der Waals surface area contributed by atoms with Gasteiger partial charge in [0, 0.05) is 0 Å². The van der Waals surface area contributed by atoms with Crippen LogP contribution in [0.2, 0.25) is 0 Å². The first-order valence-electron chi connectivity index (χ1n) is 3.51. The topological polar surface area (TPSA) is 23.5 Å². The monoisotopic (exact) mass is 165 g/mol. The van der Waals surface area contributed by atoms with Gasteiger partial charge in [0.15, 0.2) is 0 Å². The molecule has 62 valence electrons. The fraction of sp³-hybridized carbons (Fsp3) is 1.00. The van der Waals surface area contributed by atoms with E-state index in [9.17, 15) is 0 Å². The number of nitrogens with zero attached hydrogens (tertiary/aromatic N) is 1. The minimum atomic E-state index is -0.401. The van der Waals surface area contributed by atoms with Gasteiger partial charge >= 0.3 is 0 Å². The fourth-order valence-electron chi connectivity index (χ4n) is 0.623. The molecule has 0 aromatic carbocycles. The summed E-state index contributed by atoms with van der Waals surface area (Å²) in [5.74, 6) is 0. The van der Waals surface area contributed by atoms with Crippen LogP contribution in [-0.2, 0) is 0 Å². The van der Waals surface area contributed by atoms with Gasteiger partial charge in [0.25, 0.3) is 0 Å². The van der Waals surface area contributed by atoms with Crippen molar-refractivity contribution in [3.8, 4) is 0 Å². The summed E-state index contributed by atoms with van der Waals surface area (Å²) < 4.78 is 0. The average Bonchev–Trinajstić information content (AvgIpc) is 1.82. The summed E-state index contributed by atoms with van der Waals surface area (Å²) >= 11 is 5.78. The second kappa shape index (κ2) is 4.94. The lowest BCUT2D eigenvalue weighted by Crippen LogP contribution is -2.23. The minimum Gasteiger partial charge on any atom is -0.392 e. The Labute approximate surface area is 67.8 Å². The molecule has 0 fully saturated rings. The summed E-state index contributed by atoms with van der Waals surface area (Å²) in [6.07, 6.45) is 0.438. The highest BCUT2D eigenvalue weighted by atomic mass is 35.5. The lowest BCUT2D eigenvalue weighted by molar-refractivity contribution is 0.181. The van der Waals surface area contributed by atoms with Crippen LogP contribution >= 0.6 is 11.6 Å². The average molecular weight is 166 g/mol. The number of halogens is 1. The normalized spacial score (nSPS) is 17.4. The molecular weight excluding hydrogens is 150 g/mol. The molecule has 3 heteroatoms. The Morgan fingerprint density at radius 1 is 1.50 bits per heavy atom. The largest absolute Gasteiger partial charge is 0.392 e. The molecule has 10 heavy (non-hydrogen) atoms. The lowest BCUT2D eigenvalue weighted by atomic mass is 10.2. The van der Waals surface area contributed by atoms with Gasteiger partial charge < -0.3 is 10.0 Å². The number of rotatable bonds is 4. The number of hydrogen-bond acceptors (Lipinski definition) is 2. The fourth-order valence-corrected chi connectivity index (χ4v) is 0.720. The third-order valence-corrected chi connectivity index (χ3v) is 1.96. The highest BCUT2D eigenvalue weighted by Gasteiger charge is 2.10. The van der Waals surface area contributed by atoms with Crippen molar-refractivity contribution < 1.29 is 5.11 Å². The number of alkyl halides is 1. The Bertz CT molecular complexity index is 85.7. The molecule has 0 aliphatic heterocycles. The van der Waals surface area contributed by atoms with Crippen LogP contribution in [-0.4, -0.2) is 42.1 Å². The van der Waals surface area contributed by atoms with Gasteiger partial charge in [0.1, 0.15) is 0 Å². The third-order valence-electron chi connectivity index (χ3n) is 1.38. The van der Waals surface area contributed by atoms with Crippen molar-refractivity contribution in [1.29, 1.82) is 0 Å². The van der Waals surface area contributed by atoms with Crippen LogP contribution < -0.4 is 0 Å². The summed E-state index contributed by atoms with van der Waals surface area (Å²) in [5.41, 5.74) is 0. The number of aliphatic hydroxyl groups is 1. The van der Waals surface area contributed by atoms with E-state index in [0.29, 0.717) is 0 Å². The maximum atomic E-state index is 8.98. The first-order valence-corrected chi connectivity index (χ1v) is 3.94. The summed E-state index contributed by atoms with van der Waals surface area (Å²) in [6, 6.07) is 0. The zero-order chi connectivity index (χ0) is 8.15. The molecule has 0 saturated heterocycles. The number of aliphatic hydroxyl groups excluding tert-OH is 1. The Balaban J connectivity index is 3.30. The van der Waals surface area contributed by atoms with Gasteiger partial charge in [-0.05, 0) is 34.0 Å². The van der Waals surface area contributed by atoms with E-state index in [-0.39, 0.29) is 5.38 Å². The lowest BCUT2D eigenvalue weighted by Gasteiger charge is -2.15. The molecule has 0 spiro atoms. The molecule has 1 N–H and O–H groups in total. The van der Waals surface area contributed by atoms with E-state index in [1.807, 2.05) is 14.1 Å². The SMILES string of the molecule is CC(O)C(Cl)CCN(C)C. The van der Waals surface area contributed by atoms with Crippen LogP contribution in [0.3, 0.4) is 0 Å². The Morgan fingerprint density at radius 2 is 2.00 bits per heavy atom. The smallest absolute Gasteiger partial charge is 0.0676 e. The van der Waals surface area contributed by atoms with Gasteiger partial charge in [0.2, 0.25) is 0 Å². The van der Waals surface area contributed by atoms with Gasteiger partial charge in [-0.2, -0.15) is 0 Å². The predicted octanol–water partition coefficient (Wildman–Crippen LogP) is 0.926. The molecule has 0 aliphatic carbocycles. The molecule has 2 nitrogen and oxygen atoms in total. The molecule has 0 aromatic heterocycles. The van der Waals surface area contributed by atoms with E-state index in [0.717, 1.165) is 13.0 Å². The molecule has 0 aliphatic rings. The molecule has 0 bridgehead atoms. The molecule has 0 amide bonds. The first kappa shape index (κ1) is 10.2. The van der Waals surface area contributed by atoms with Gasteiger partial charge in [-0.25, -0.2) is 0 Å². The molecular formula is C7H16ClNO. The predicted molar refractivity (Wildman–Crippen MR) is 44.5 cm³/mol. The maximum Gasteiger partial charge on any atom is 0.0676 e. The third kappa shape index (κ3) is 5.03. The molecule has 2 atom stereocenters. The van der Waals surface area contributed by atoms with Crippen molar-refractivity contribution in [2.24, 2.45) is 0 Å². The maximum absolute atomic E-state index is 8.98. The second-order valence-electron chi connectivity index (χ2n) is 2.85. The Morgan fingerprint density at radius 3 is 2.30 bits per heavy atom. The molecule has 2 unspecified atom stereocenters. The van der Waals surface area contributed by atoms with Crippen molar-refractivity contribution in [1.82, 2.24) is 4.90 Å². The minimum absolute atomic E-state index is 0.109. The van der Waals surface area contributed by atoms with E-state index >= 15 is 0 Å². The van der Waals surface area contributed by atoms with Crippen molar-refractivity contribution in [2.75, 3.05) is 20.6 Å². The van der Waals surface area contributed by atoms with Crippen molar-refractivity contribution in [2.45, 2.75) is 24.8 Å². The van der Waals surface area contributed by atoms with Crippen molar-refractivity contribution >= 4 is 11.6 Å². The summed E-state index contributed by atoms with van der Waals surface area (Å²) in [6.45, 7) is 2.65. The van der Waals surface area contributed by atoms with Gasteiger partial charge in [-0.3, -0.25) is 0 Å². The highest BCUT2D eigenvalue weighted by molar-refractivity contribution is 6.20. The Hall–Kier alpha value is 0.210. The molecule has 0 aromatic rings. The molecule has 0 rings (SSSR count). The zero-order valence-electron chi connectivity index (χ0n) is 6.84. The summed E-state index contributed by atoms with van der Waals surface area (Å²) in [7, 11) is 3.98. The second-order valence-corrected chi connectivity index (χ2v) is 3.41. The van der Waals surface area contributed by atoms with Crippen molar-refractivity contribution in [3.05, 3.63) is 0 Å². The van der Waals surface area contributed by atoms with E-state index in [2.05, 4.69) is 4.90 Å². The van der Waals surface area contributed by atoms with Crippen LogP contribution in [0.4, 0.5) is 0 Å². The van der Waals surface area contributed by atoms with Crippen LogP contribution in [0.25, 0.3) is 0 Å². The van der Waals surface area contributed by atoms with Crippen LogP contribution in [0.5, 0.6) is 0 Å². The highest BCUT2D eigenvalue weighted by Crippen LogP contribution is 2.06. The van der Waals surface area contributed by atoms with E-state index < -0.39 is 6.10 Å². The van der Waals surface area contributed by atoms with Gasteiger partial charge in [-0.1, -0.05) is 0 Å². The van der Waals surface area contributed by atoms with E-state index in [1.165, 1.54) is 0 Å². The van der Waals surface area contributed by atoms with Gasteiger partial charge in [0.05, 0.1) is 11.5 Å². The summed E-state index contributed by atoms with van der Waals surface area (Å²) in [5, 5.41) is 8.87. The molecule has 0 saturated carbocycles.